The maximum absolute atomic E-state index is 4.89. The maximum Gasteiger partial charge on any atom is 0.0759 e. The Balaban J connectivity index is 2.06. The van der Waals surface area contributed by atoms with E-state index in [2.05, 4.69) is 66.3 Å². The lowest BCUT2D eigenvalue weighted by Crippen LogP contribution is -2.23. The summed E-state index contributed by atoms with van der Waals surface area (Å²) < 4.78 is 0. The van der Waals surface area contributed by atoms with Crippen molar-refractivity contribution in [2.24, 2.45) is 0 Å². The van der Waals surface area contributed by atoms with E-state index in [-0.39, 0.29) is 6.04 Å². The Kier molecular flexibility index (Phi) is 4.32. The van der Waals surface area contributed by atoms with Crippen LogP contribution in [0.2, 0.25) is 0 Å². The number of rotatable bonds is 5. The molecule has 1 unspecified atom stereocenters. The molecular weight excluding hydrogens is 276 g/mol. The molecule has 1 atom stereocenters. The summed E-state index contributed by atoms with van der Waals surface area (Å²) in [6.07, 6.45) is 1.12. The third kappa shape index (κ3) is 2.99. The van der Waals surface area contributed by atoms with Crippen LogP contribution in [0, 0.1) is 6.92 Å². The zero-order valence-corrected chi connectivity index (χ0v) is 13.3. The summed E-state index contributed by atoms with van der Waals surface area (Å²) >= 11 is 1.74. The van der Waals surface area contributed by atoms with Crippen molar-refractivity contribution in [3.8, 4) is 0 Å². The second-order valence-electron chi connectivity index (χ2n) is 5.32. The summed E-state index contributed by atoms with van der Waals surface area (Å²) in [6, 6.07) is 12.9. The predicted molar refractivity (Wildman–Crippen MR) is 90.9 cm³/mol. The van der Waals surface area contributed by atoms with Gasteiger partial charge in [0.25, 0.3) is 0 Å². The molecule has 1 aromatic carbocycles. The van der Waals surface area contributed by atoms with E-state index < -0.39 is 0 Å². The first-order chi connectivity index (χ1) is 10.3. The number of hydrogen-bond acceptors (Lipinski definition) is 3. The Hall–Kier alpha value is -1.71. The van der Waals surface area contributed by atoms with Crippen LogP contribution < -0.4 is 5.32 Å². The van der Waals surface area contributed by atoms with Gasteiger partial charge in [0.15, 0.2) is 0 Å². The number of thiophene rings is 1. The van der Waals surface area contributed by atoms with Crippen molar-refractivity contribution in [2.75, 3.05) is 6.54 Å². The molecule has 0 aliphatic carbocycles. The minimum atomic E-state index is 0.180. The number of fused-ring (bicyclic) bond motifs is 1. The Morgan fingerprint density at radius 2 is 2.10 bits per heavy atom. The molecule has 0 radical (unpaired) electrons. The van der Waals surface area contributed by atoms with E-state index in [0.29, 0.717) is 0 Å². The third-order valence-electron chi connectivity index (χ3n) is 3.71. The maximum atomic E-state index is 4.89. The summed E-state index contributed by atoms with van der Waals surface area (Å²) in [7, 11) is 0. The Morgan fingerprint density at radius 1 is 1.24 bits per heavy atom. The normalized spacial score (nSPS) is 12.7. The van der Waals surface area contributed by atoms with Gasteiger partial charge in [0, 0.05) is 5.39 Å². The van der Waals surface area contributed by atoms with E-state index in [1.165, 1.54) is 16.5 Å². The number of nitrogens with one attached hydrogen (secondary N) is 1. The number of nitrogens with zero attached hydrogens (tertiary/aromatic N) is 1. The molecule has 2 heterocycles. The molecule has 1 N–H and O–H groups in total. The van der Waals surface area contributed by atoms with Crippen LogP contribution in [0.5, 0.6) is 0 Å². The fraction of sp³-hybridized carbons (Fsp3) is 0.278. The molecule has 2 aromatic heterocycles. The highest BCUT2D eigenvalue weighted by atomic mass is 32.1. The molecule has 3 heteroatoms. The molecule has 0 aliphatic heterocycles. The smallest absolute Gasteiger partial charge is 0.0759 e. The number of aromatic nitrogens is 1. The zero-order chi connectivity index (χ0) is 14.7. The van der Waals surface area contributed by atoms with Crippen molar-refractivity contribution in [2.45, 2.75) is 26.3 Å². The van der Waals surface area contributed by atoms with Gasteiger partial charge in [0.1, 0.15) is 0 Å². The highest BCUT2D eigenvalue weighted by Gasteiger charge is 2.16. The molecule has 0 saturated heterocycles. The van der Waals surface area contributed by atoms with E-state index in [1.807, 2.05) is 0 Å². The Morgan fingerprint density at radius 3 is 2.86 bits per heavy atom. The van der Waals surface area contributed by atoms with Gasteiger partial charge in [-0.1, -0.05) is 25.1 Å². The van der Waals surface area contributed by atoms with Gasteiger partial charge < -0.3 is 5.32 Å². The minimum Gasteiger partial charge on any atom is -0.305 e. The molecule has 0 fully saturated rings. The van der Waals surface area contributed by atoms with Crippen LogP contribution in [0.25, 0.3) is 10.9 Å². The molecule has 2 nitrogen and oxygen atoms in total. The van der Waals surface area contributed by atoms with Crippen molar-refractivity contribution in [1.82, 2.24) is 10.3 Å². The average molecular weight is 296 g/mol. The first-order valence-electron chi connectivity index (χ1n) is 7.41. The van der Waals surface area contributed by atoms with E-state index in [9.17, 15) is 0 Å². The first-order valence-corrected chi connectivity index (χ1v) is 8.35. The zero-order valence-electron chi connectivity index (χ0n) is 12.5. The van der Waals surface area contributed by atoms with Gasteiger partial charge in [0.05, 0.1) is 17.3 Å². The number of benzene rings is 1. The van der Waals surface area contributed by atoms with E-state index in [0.717, 1.165) is 24.2 Å². The molecule has 0 aliphatic rings. The van der Waals surface area contributed by atoms with E-state index in [4.69, 9.17) is 4.98 Å². The lowest BCUT2D eigenvalue weighted by atomic mass is 10.0. The van der Waals surface area contributed by atoms with Crippen molar-refractivity contribution in [3.05, 3.63) is 64.0 Å². The summed E-state index contributed by atoms with van der Waals surface area (Å²) in [5, 5.41) is 9.20. The Bertz CT molecular complexity index is 719. The average Bonchev–Trinajstić information content (AvgIpc) is 3.02. The highest BCUT2D eigenvalue weighted by Crippen LogP contribution is 2.26. The van der Waals surface area contributed by atoms with E-state index >= 15 is 0 Å². The van der Waals surface area contributed by atoms with Crippen LogP contribution in [0.3, 0.4) is 0 Å². The molecule has 21 heavy (non-hydrogen) atoms. The molecule has 3 rings (SSSR count). The lowest BCUT2D eigenvalue weighted by molar-refractivity contribution is 0.589. The number of pyridine rings is 1. The van der Waals surface area contributed by atoms with Crippen molar-refractivity contribution in [3.63, 3.8) is 0 Å². The topological polar surface area (TPSA) is 24.9 Å². The Labute approximate surface area is 129 Å². The van der Waals surface area contributed by atoms with Crippen LogP contribution in [0.1, 0.15) is 36.2 Å². The van der Waals surface area contributed by atoms with E-state index in [1.54, 1.807) is 11.3 Å². The monoisotopic (exact) mass is 296 g/mol. The summed E-state index contributed by atoms with van der Waals surface area (Å²) in [4.78, 5) is 4.89. The van der Waals surface area contributed by atoms with Gasteiger partial charge >= 0.3 is 0 Å². The quantitative estimate of drug-likeness (QED) is 0.738. The van der Waals surface area contributed by atoms with Crippen molar-refractivity contribution in [1.29, 1.82) is 0 Å². The number of hydrogen-bond donors (Lipinski definition) is 1. The van der Waals surface area contributed by atoms with Crippen LogP contribution in [0.4, 0.5) is 0 Å². The molecule has 0 spiro atoms. The molecule has 0 amide bonds. The third-order valence-corrected chi connectivity index (χ3v) is 4.42. The summed E-state index contributed by atoms with van der Waals surface area (Å²) in [6.45, 7) is 5.35. The molecule has 0 bridgehead atoms. The van der Waals surface area contributed by atoms with Crippen molar-refractivity contribution < 1.29 is 0 Å². The lowest BCUT2D eigenvalue weighted by Gasteiger charge is -2.18. The van der Waals surface area contributed by atoms with Gasteiger partial charge in [-0.2, -0.15) is 11.3 Å². The van der Waals surface area contributed by atoms with Gasteiger partial charge in [-0.25, -0.2) is 0 Å². The fourth-order valence-corrected chi connectivity index (χ4v) is 3.33. The predicted octanol–water partition coefficient (Wildman–Crippen LogP) is 4.69. The second-order valence-corrected chi connectivity index (χ2v) is 6.11. The van der Waals surface area contributed by atoms with Crippen LogP contribution in [0.15, 0.2) is 47.2 Å². The minimum absolute atomic E-state index is 0.180. The molecule has 3 aromatic rings. The molecule has 108 valence electrons. The van der Waals surface area contributed by atoms with Crippen LogP contribution in [-0.4, -0.2) is 11.5 Å². The van der Waals surface area contributed by atoms with Crippen LogP contribution in [-0.2, 0) is 0 Å². The molecular formula is C18H20N2S. The second kappa shape index (κ2) is 6.37. The standard InChI is InChI=1S/C18H20N2S/c1-3-9-19-18(14-8-10-21-12-14)17-11-13(2)15-6-4-5-7-16(15)20-17/h4-8,10-12,18-19H,3,9H2,1-2H3. The fourth-order valence-electron chi connectivity index (χ4n) is 2.64. The van der Waals surface area contributed by atoms with Crippen LogP contribution >= 0.6 is 11.3 Å². The highest BCUT2D eigenvalue weighted by molar-refractivity contribution is 7.08. The summed E-state index contributed by atoms with van der Waals surface area (Å²) in [5.74, 6) is 0. The number of aryl methyl sites for hydroxylation is 1. The largest absolute Gasteiger partial charge is 0.305 e. The van der Waals surface area contributed by atoms with Gasteiger partial charge in [-0.3, -0.25) is 4.98 Å². The first kappa shape index (κ1) is 14.2. The summed E-state index contributed by atoms with van der Waals surface area (Å²) in [5.41, 5.74) is 4.77. The molecule has 0 saturated carbocycles. The van der Waals surface area contributed by atoms with Crippen molar-refractivity contribution >= 4 is 22.2 Å². The SMILES string of the molecule is CCCNC(c1ccsc1)c1cc(C)c2ccccc2n1. The number of para-hydroxylation sites is 1. The van der Waals surface area contributed by atoms with Gasteiger partial charge in [-0.15, -0.1) is 0 Å². The van der Waals surface area contributed by atoms with Gasteiger partial charge in [0.2, 0.25) is 0 Å². The van der Waals surface area contributed by atoms with Gasteiger partial charge in [-0.05, 0) is 60.0 Å².